The first-order valence-electron chi connectivity index (χ1n) is 8.65. The molecular formula is C18H21N7O2. The maximum absolute atomic E-state index is 12.1. The summed E-state index contributed by atoms with van der Waals surface area (Å²) >= 11 is 0. The molecular weight excluding hydrogens is 346 g/mol. The van der Waals surface area contributed by atoms with Gasteiger partial charge in [0.1, 0.15) is 18.0 Å². The highest BCUT2D eigenvalue weighted by Gasteiger charge is 2.07. The van der Waals surface area contributed by atoms with E-state index < -0.39 is 0 Å². The van der Waals surface area contributed by atoms with Gasteiger partial charge in [-0.1, -0.05) is 19.1 Å². The Balaban J connectivity index is 1.60. The number of aryl methyl sites for hydroxylation is 2. The normalized spacial score (nSPS) is 10.6. The molecule has 0 bridgehead atoms. The zero-order chi connectivity index (χ0) is 19.2. The molecule has 2 aromatic heterocycles. The molecule has 0 aliphatic heterocycles. The molecule has 140 valence electrons. The van der Waals surface area contributed by atoms with Crippen LogP contribution in [0.5, 0.6) is 0 Å². The van der Waals surface area contributed by atoms with Gasteiger partial charge in [-0.2, -0.15) is 5.10 Å². The van der Waals surface area contributed by atoms with Gasteiger partial charge in [-0.3, -0.25) is 4.79 Å². The number of aromatic nitrogens is 5. The van der Waals surface area contributed by atoms with Gasteiger partial charge in [-0.25, -0.2) is 19.4 Å². The van der Waals surface area contributed by atoms with E-state index in [0.29, 0.717) is 29.6 Å². The van der Waals surface area contributed by atoms with Crippen LogP contribution in [0.3, 0.4) is 0 Å². The van der Waals surface area contributed by atoms with Crippen LogP contribution in [0, 0.1) is 6.92 Å². The standard InChI is InChI=1S/C18H21N7O2/c1-3-8-25-16(20-11-21-25)10-19-18(27)24-14-6-4-13(5-7-14)15-9-17(26)23-12(2)22-15/h4-7,9,11H,3,8,10H2,1-2H3,(H2,19,24,27)(H,22,23,26). The Morgan fingerprint density at radius 2 is 2.04 bits per heavy atom. The van der Waals surface area contributed by atoms with Gasteiger partial charge in [-0.05, 0) is 25.5 Å². The van der Waals surface area contributed by atoms with Gasteiger partial charge in [0, 0.05) is 23.9 Å². The van der Waals surface area contributed by atoms with Crippen molar-refractivity contribution in [2.24, 2.45) is 0 Å². The molecule has 0 saturated carbocycles. The minimum atomic E-state index is -0.334. The molecule has 0 spiro atoms. The minimum Gasteiger partial charge on any atom is -0.331 e. The van der Waals surface area contributed by atoms with E-state index >= 15 is 0 Å². The van der Waals surface area contributed by atoms with Gasteiger partial charge in [0.25, 0.3) is 5.56 Å². The van der Waals surface area contributed by atoms with Gasteiger partial charge in [0.15, 0.2) is 0 Å². The highest BCUT2D eigenvalue weighted by atomic mass is 16.2. The zero-order valence-electron chi connectivity index (χ0n) is 15.2. The molecule has 3 N–H and O–H groups in total. The van der Waals surface area contributed by atoms with Gasteiger partial charge >= 0.3 is 6.03 Å². The molecule has 0 aliphatic rings. The highest BCUT2D eigenvalue weighted by molar-refractivity contribution is 5.89. The van der Waals surface area contributed by atoms with Crippen molar-refractivity contribution in [3.63, 3.8) is 0 Å². The molecule has 9 heteroatoms. The Labute approximate surface area is 155 Å². The third kappa shape index (κ3) is 4.78. The predicted molar refractivity (Wildman–Crippen MR) is 101 cm³/mol. The van der Waals surface area contributed by atoms with Crippen molar-refractivity contribution in [3.05, 3.63) is 58.7 Å². The van der Waals surface area contributed by atoms with Crippen molar-refractivity contribution in [1.29, 1.82) is 0 Å². The zero-order valence-corrected chi connectivity index (χ0v) is 15.2. The van der Waals surface area contributed by atoms with Crippen molar-refractivity contribution in [2.75, 3.05) is 5.32 Å². The summed E-state index contributed by atoms with van der Waals surface area (Å²) in [6.45, 7) is 4.83. The number of anilines is 1. The third-order valence-corrected chi connectivity index (χ3v) is 3.84. The van der Waals surface area contributed by atoms with Gasteiger partial charge < -0.3 is 15.6 Å². The second kappa shape index (κ2) is 8.26. The van der Waals surface area contributed by atoms with Crippen molar-refractivity contribution < 1.29 is 4.79 Å². The molecule has 3 rings (SSSR count). The molecule has 3 aromatic rings. The summed E-state index contributed by atoms with van der Waals surface area (Å²) in [5, 5.41) is 9.65. The summed E-state index contributed by atoms with van der Waals surface area (Å²) in [5.74, 6) is 1.26. The number of amides is 2. The predicted octanol–water partition coefficient (Wildman–Crippen LogP) is 2.07. The maximum atomic E-state index is 12.1. The number of carbonyl (C=O) groups excluding carboxylic acids is 1. The van der Waals surface area contributed by atoms with Crippen LogP contribution in [0.2, 0.25) is 0 Å². The molecule has 27 heavy (non-hydrogen) atoms. The summed E-state index contributed by atoms with van der Waals surface area (Å²) in [6, 6.07) is 8.22. The van der Waals surface area contributed by atoms with Gasteiger partial charge in [0.2, 0.25) is 0 Å². The lowest BCUT2D eigenvalue weighted by Crippen LogP contribution is -2.29. The summed E-state index contributed by atoms with van der Waals surface area (Å²) in [4.78, 5) is 34.7. The number of hydrogen-bond donors (Lipinski definition) is 3. The van der Waals surface area contributed by atoms with Crippen LogP contribution < -0.4 is 16.2 Å². The summed E-state index contributed by atoms with van der Waals surface area (Å²) < 4.78 is 1.77. The van der Waals surface area contributed by atoms with E-state index in [-0.39, 0.29) is 11.6 Å². The van der Waals surface area contributed by atoms with E-state index in [2.05, 4.69) is 37.6 Å². The first kappa shape index (κ1) is 18.3. The number of nitrogens with zero attached hydrogens (tertiary/aromatic N) is 4. The Kier molecular flexibility index (Phi) is 5.60. The fourth-order valence-corrected chi connectivity index (χ4v) is 2.61. The smallest absolute Gasteiger partial charge is 0.319 e. The van der Waals surface area contributed by atoms with Crippen LogP contribution in [0.15, 0.2) is 41.5 Å². The quantitative estimate of drug-likeness (QED) is 0.616. The van der Waals surface area contributed by atoms with E-state index in [1.54, 1.807) is 35.9 Å². The van der Waals surface area contributed by atoms with E-state index in [4.69, 9.17) is 0 Å². The molecule has 2 heterocycles. The van der Waals surface area contributed by atoms with E-state index in [1.165, 1.54) is 12.4 Å². The number of urea groups is 1. The van der Waals surface area contributed by atoms with Crippen molar-refractivity contribution >= 4 is 11.7 Å². The highest BCUT2D eigenvalue weighted by Crippen LogP contribution is 2.18. The first-order chi connectivity index (χ1) is 13.0. The van der Waals surface area contributed by atoms with Crippen molar-refractivity contribution in [2.45, 2.75) is 33.4 Å². The first-order valence-corrected chi connectivity index (χ1v) is 8.65. The van der Waals surface area contributed by atoms with Crippen LogP contribution >= 0.6 is 0 Å². The van der Waals surface area contributed by atoms with Crippen LogP contribution in [0.1, 0.15) is 25.0 Å². The van der Waals surface area contributed by atoms with Gasteiger partial charge in [0.05, 0.1) is 12.2 Å². The number of rotatable bonds is 6. The second-order valence-electron chi connectivity index (χ2n) is 6.00. The molecule has 0 saturated heterocycles. The Morgan fingerprint density at radius 3 is 2.74 bits per heavy atom. The number of nitrogens with one attached hydrogen (secondary N) is 3. The fourth-order valence-electron chi connectivity index (χ4n) is 2.61. The minimum absolute atomic E-state index is 0.199. The van der Waals surface area contributed by atoms with Gasteiger partial charge in [-0.15, -0.1) is 0 Å². The number of hydrogen-bond acceptors (Lipinski definition) is 5. The van der Waals surface area contributed by atoms with E-state index in [0.717, 1.165) is 18.5 Å². The molecule has 2 amide bonds. The number of benzene rings is 1. The Morgan fingerprint density at radius 1 is 1.26 bits per heavy atom. The lowest BCUT2D eigenvalue weighted by molar-refractivity contribution is 0.251. The Bertz CT molecular complexity index is 976. The molecule has 0 aliphatic carbocycles. The average Bonchev–Trinajstić information content (AvgIpc) is 3.07. The molecule has 0 radical (unpaired) electrons. The number of carbonyl (C=O) groups is 1. The lowest BCUT2D eigenvalue weighted by atomic mass is 10.1. The number of H-pyrrole nitrogens is 1. The monoisotopic (exact) mass is 367 g/mol. The molecule has 0 fully saturated rings. The van der Waals surface area contributed by atoms with Crippen molar-refractivity contribution in [3.8, 4) is 11.3 Å². The maximum Gasteiger partial charge on any atom is 0.319 e. The number of aromatic amines is 1. The largest absolute Gasteiger partial charge is 0.331 e. The fraction of sp³-hybridized carbons (Fsp3) is 0.278. The van der Waals surface area contributed by atoms with E-state index in [9.17, 15) is 9.59 Å². The summed E-state index contributed by atoms with van der Waals surface area (Å²) in [5.41, 5.74) is 1.81. The summed E-state index contributed by atoms with van der Waals surface area (Å²) in [6.07, 6.45) is 2.42. The molecule has 0 atom stereocenters. The second-order valence-corrected chi connectivity index (χ2v) is 6.00. The third-order valence-electron chi connectivity index (χ3n) is 3.84. The SMILES string of the molecule is CCCn1ncnc1CNC(=O)Nc1ccc(-c2cc(=O)[nH]c(C)n2)cc1. The van der Waals surface area contributed by atoms with Crippen LogP contribution in [0.4, 0.5) is 10.5 Å². The summed E-state index contributed by atoms with van der Waals surface area (Å²) in [7, 11) is 0. The molecule has 0 unspecified atom stereocenters. The average molecular weight is 367 g/mol. The van der Waals surface area contributed by atoms with Crippen LogP contribution in [-0.4, -0.2) is 30.8 Å². The van der Waals surface area contributed by atoms with Crippen molar-refractivity contribution in [1.82, 2.24) is 30.0 Å². The lowest BCUT2D eigenvalue weighted by Gasteiger charge is -2.09. The van der Waals surface area contributed by atoms with Crippen LogP contribution in [0.25, 0.3) is 11.3 Å². The molecule has 9 nitrogen and oxygen atoms in total. The van der Waals surface area contributed by atoms with E-state index in [1.807, 2.05) is 0 Å². The Hall–Kier alpha value is -3.49. The topological polar surface area (TPSA) is 118 Å². The van der Waals surface area contributed by atoms with Crippen LogP contribution in [-0.2, 0) is 13.1 Å². The molecule has 1 aromatic carbocycles.